The molecule has 2 amide bonds. The predicted octanol–water partition coefficient (Wildman–Crippen LogP) is 2.31. The van der Waals surface area contributed by atoms with Crippen LogP contribution in [-0.4, -0.2) is 50.1 Å². The number of carbonyl (C=O) groups excluding carboxylic acids is 2. The second-order valence-electron chi connectivity index (χ2n) is 6.35. The first-order valence-corrected chi connectivity index (χ1v) is 9.08. The molecule has 1 aliphatic heterocycles. The van der Waals surface area contributed by atoms with E-state index in [-0.39, 0.29) is 23.2 Å². The van der Waals surface area contributed by atoms with Crippen LogP contribution in [0.3, 0.4) is 0 Å². The number of rotatable bonds is 7. The number of amides is 2. The maximum Gasteiger partial charge on any atom is 0.274 e. The van der Waals surface area contributed by atoms with Crippen LogP contribution in [0, 0.1) is 0 Å². The molecule has 27 heavy (non-hydrogen) atoms. The molecule has 3 rings (SSSR count). The highest BCUT2D eigenvalue weighted by molar-refractivity contribution is 6.03. The Morgan fingerprint density at radius 1 is 1.04 bits per heavy atom. The number of benzene rings is 1. The third-order valence-electron chi connectivity index (χ3n) is 4.40. The molecule has 1 fully saturated rings. The number of nitrogens with zero attached hydrogens (tertiary/aromatic N) is 2. The van der Waals surface area contributed by atoms with E-state index >= 15 is 0 Å². The molecular weight excluding hydrogens is 344 g/mol. The zero-order chi connectivity index (χ0) is 19.1. The van der Waals surface area contributed by atoms with Crippen molar-refractivity contribution in [2.45, 2.75) is 12.8 Å². The van der Waals surface area contributed by atoms with Gasteiger partial charge in [0.05, 0.1) is 6.61 Å². The van der Waals surface area contributed by atoms with Crippen molar-refractivity contribution in [1.82, 2.24) is 10.3 Å². The fourth-order valence-electron chi connectivity index (χ4n) is 2.97. The van der Waals surface area contributed by atoms with Crippen molar-refractivity contribution in [2.75, 3.05) is 43.6 Å². The molecule has 2 aromatic rings. The van der Waals surface area contributed by atoms with Gasteiger partial charge >= 0.3 is 0 Å². The zero-order valence-corrected chi connectivity index (χ0v) is 15.4. The van der Waals surface area contributed by atoms with Gasteiger partial charge in [0.2, 0.25) is 0 Å². The number of ether oxygens (including phenoxy) is 1. The fraction of sp³-hybridized carbons (Fsp3) is 0.350. The molecule has 7 heteroatoms. The largest absolute Gasteiger partial charge is 0.383 e. The molecule has 0 unspecified atom stereocenters. The summed E-state index contributed by atoms with van der Waals surface area (Å²) in [5.74, 6) is -0.688. The summed E-state index contributed by atoms with van der Waals surface area (Å²) in [5.41, 5.74) is 2.25. The van der Waals surface area contributed by atoms with Crippen molar-refractivity contribution >= 4 is 23.2 Å². The molecule has 1 saturated heterocycles. The standard InChI is InChI=1S/C20H24N4O3/c1-27-14-11-21-19(25)17-5-4-6-18(23-17)20(26)22-15-7-9-16(10-8-15)24-12-2-3-13-24/h4-10H,2-3,11-14H2,1H3,(H,21,25)(H,22,26). The summed E-state index contributed by atoms with van der Waals surface area (Å²) in [5, 5.41) is 5.51. The number of hydrogen-bond donors (Lipinski definition) is 2. The number of carbonyl (C=O) groups is 2. The van der Waals surface area contributed by atoms with Gasteiger partial charge in [-0.15, -0.1) is 0 Å². The van der Waals surface area contributed by atoms with Gasteiger partial charge in [-0.1, -0.05) is 6.07 Å². The van der Waals surface area contributed by atoms with Crippen LogP contribution in [0.25, 0.3) is 0 Å². The Bertz CT molecular complexity index is 786. The molecule has 0 bridgehead atoms. The van der Waals surface area contributed by atoms with Gasteiger partial charge in [0, 0.05) is 38.1 Å². The van der Waals surface area contributed by atoms with E-state index in [0.29, 0.717) is 18.8 Å². The van der Waals surface area contributed by atoms with E-state index in [1.807, 2.05) is 24.3 Å². The fourth-order valence-corrected chi connectivity index (χ4v) is 2.97. The van der Waals surface area contributed by atoms with Crippen LogP contribution >= 0.6 is 0 Å². The summed E-state index contributed by atoms with van der Waals surface area (Å²) in [6.45, 7) is 2.96. The van der Waals surface area contributed by atoms with Crippen LogP contribution in [0.5, 0.6) is 0 Å². The number of hydrogen-bond acceptors (Lipinski definition) is 5. The third-order valence-corrected chi connectivity index (χ3v) is 4.40. The molecule has 2 N–H and O–H groups in total. The Kier molecular flexibility index (Phi) is 6.38. The number of pyridine rings is 1. The minimum absolute atomic E-state index is 0.193. The van der Waals surface area contributed by atoms with Crippen molar-refractivity contribution in [3.05, 3.63) is 53.9 Å². The van der Waals surface area contributed by atoms with Gasteiger partial charge in [-0.3, -0.25) is 9.59 Å². The number of aromatic nitrogens is 1. The number of anilines is 2. The lowest BCUT2D eigenvalue weighted by Gasteiger charge is -2.17. The molecule has 1 aromatic carbocycles. The van der Waals surface area contributed by atoms with Gasteiger partial charge in [0.15, 0.2) is 0 Å². The lowest BCUT2D eigenvalue weighted by atomic mass is 10.2. The van der Waals surface area contributed by atoms with E-state index in [0.717, 1.165) is 13.1 Å². The number of methoxy groups -OCH3 is 1. The summed E-state index contributed by atoms with van der Waals surface area (Å²) in [6.07, 6.45) is 2.44. The predicted molar refractivity (Wildman–Crippen MR) is 104 cm³/mol. The molecule has 0 atom stereocenters. The van der Waals surface area contributed by atoms with Crippen molar-refractivity contribution in [2.24, 2.45) is 0 Å². The summed E-state index contributed by atoms with van der Waals surface area (Å²) in [7, 11) is 1.56. The Morgan fingerprint density at radius 2 is 1.70 bits per heavy atom. The van der Waals surface area contributed by atoms with Crippen LogP contribution < -0.4 is 15.5 Å². The van der Waals surface area contributed by atoms with Gasteiger partial charge in [-0.2, -0.15) is 0 Å². The molecule has 0 saturated carbocycles. The molecule has 0 aliphatic carbocycles. The summed E-state index contributed by atoms with van der Waals surface area (Å²) in [4.78, 5) is 31.0. The lowest BCUT2D eigenvalue weighted by Crippen LogP contribution is -2.28. The van der Waals surface area contributed by atoms with Gasteiger partial charge < -0.3 is 20.3 Å². The highest BCUT2D eigenvalue weighted by Gasteiger charge is 2.14. The maximum absolute atomic E-state index is 12.5. The first-order chi connectivity index (χ1) is 13.2. The van der Waals surface area contributed by atoms with Gasteiger partial charge in [0.25, 0.3) is 11.8 Å². The second-order valence-corrected chi connectivity index (χ2v) is 6.35. The SMILES string of the molecule is COCCNC(=O)c1cccc(C(=O)Nc2ccc(N3CCCC3)cc2)n1. The van der Waals surface area contributed by atoms with E-state index in [1.165, 1.54) is 18.5 Å². The summed E-state index contributed by atoms with van der Waals surface area (Å²) in [6, 6.07) is 12.6. The normalized spacial score (nSPS) is 13.4. The molecule has 1 aromatic heterocycles. The molecule has 7 nitrogen and oxygen atoms in total. The van der Waals surface area contributed by atoms with E-state index in [9.17, 15) is 9.59 Å². The molecule has 142 valence electrons. The Morgan fingerprint density at radius 3 is 2.37 bits per heavy atom. The van der Waals surface area contributed by atoms with Crippen LogP contribution in [0.2, 0.25) is 0 Å². The maximum atomic E-state index is 12.5. The van der Waals surface area contributed by atoms with Crippen LogP contribution in [0.1, 0.15) is 33.8 Å². The molecule has 0 spiro atoms. The topological polar surface area (TPSA) is 83.6 Å². The van der Waals surface area contributed by atoms with Gasteiger partial charge in [0.1, 0.15) is 11.4 Å². The highest BCUT2D eigenvalue weighted by atomic mass is 16.5. The molecule has 2 heterocycles. The average Bonchev–Trinajstić information content (AvgIpc) is 3.23. The Hall–Kier alpha value is -2.93. The third kappa shape index (κ3) is 5.04. The summed E-state index contributed by atoms with van der Waals surface area (Å²) >= 11 is 0. The van der Waals surface area contributed by atoms with Crippen molar-refractivity contribution in [3.63, 3.8) is 0 Å². The Balaban J connectivity index is 1.62. The monoisotopic (exact) mass is 368 g/mol. The van der Waals surface area contributed by atoms with E-state index < -0.39 is 0 Å². The highest BCUT2D eigenvalue weighted by Crippen LogP contribution is 2.22. The van der Waals surface area contributed by atoms with E-state index in [2.05, 4.69) is 20.5 Å². The smallest absolute Gasteiger partial charge is 0.274 e. The van der Waals surface area contributed by atoms with Crippen LogP contribution in [0.4, 0.5) is 11.4 Å². The first kappa shape index (κ1) is 18.8. The first-order valence-electron chi connectivity index (χ1n) is 9.08. The molecule has 1 aliphatic rings. The van der Waals surface area contributed by atoms with Crippen LogP contribution in [0.15, 0.2) is 42.5 Å². The molecule has 0 radical (unpaired) electrons. The van der Waals surface area contributed by atoms with Gasteiger partial charge in [-0.25, -0.2) is 4.98 Å². The summed E-state index contributed by atoms with van der Waals surface area (Å²) < 4.78 is 4.90. The minimum atomic E-state index is -0.351. The van der Waals surface area contributed by atoms with Crippen LogP contribution in [-0.2, 0) is 4.74 Å². The quantitative estimate of drug-likeness (QED) is 0.733. The lowest BCUT2D eigenvalue weighted by molar-refractivity contribution is 0.0932. The van der Waals surface area contributed by atoms with Crippen molar-refractivity contribution in [3.8, 4) is 0 Å². The van der Waals surface area contributed by atoms with E-state index in [1.54, 1.807) is 25.3 Å². The average molecular weight is 368 g/mol. The Labute approximate surface area is 158 Å². The molecular formula is C20H24N4O3. The van der Waals surface area contributed by atoms with Crippen molar-refractivity contribution in [1.29, 1.82) is 0 Å². The number of nitrogens with one attached hydrogen (secondary N) is 2. The van der Waals surface area contributed by atoms with Crippen molar-refractivity contribution < 1.29 is 14.3 Å². The van der Waals surface area contributed by atoms with E-state index in [4.69, 9.17) is 4.74 Å². The second kappa shape index (κ2) is 9.14. The zero-order valence-electron chi connectivity index (χ0n) is 15.4. The minimum Gasteiger partial charge on any atom is -0.383 e. The van der Waals surface area contributed by atoms with Gasteiger partial charge in [-0.05, 0) is 49.2 Å².